The van der Waals surface area contributed by atoms with Crippen LogP contribution in [0.3, 0.4) is 0 Å². The van der Waals surface area contributed by atoms with Crippen LogP contribution < -0.4 is 5.73 Å². The van der Waals surface area contributed by atoms with Crippen LogP contribution in [0.5, 0.6) is 0 Å². The highest BCUT2D eigenvalue weighted by atomic mass is 16.5. The molecule has 1 heterocycles. The number of likely N-dealkylation sites (tertiary alicyclic amines) is 1. The van der Waals surface area contributed by atoms with E-state index in [4.69, 9.17) is 10.5 Å². The van der Waals surface area contributed by atoms with Gasteiger partial charge in [0.2, 0.25) is 0 Å². The van der Waals surface area contributed by atoms with Crippen LogP contribution in [0.25, 0.3) is 0 Å². The first-order valence-corrected chi connectivity index (χ1v) is 7.76. The van der Waals surface area contributed by atoms with Gasteiger partial charge in [-0.2, -0.15) is 0 Å². The zero-order valence-electron chi connectivity index (χ0n) is 11.9. The molecule has 3 heteroatoms. The molecule has 1 saturated heterocycles. The minimum atomic E-state index is 0.407. The molecule has 0 amide bonds. The summed E-state index contributed by atoms with van der Waals surface area (Å²) in [4.78, 5) is 2.57. The van der Waals surface area contributed by atoms with Crippen molar-refractivity contribution in [1.82, 2.24) is 4.90 Å². The number of nitrogens with zero attached hydrogens (tertiary/aromatic N) is 1. The number of nitrogens with two attached hydrogens (primary N) is 1. The molecule has 1 aliphatic heterocycles. The lowest BCUT2D eigenvalue weighted by molar-refractivity contribution is 0.0921. The Bertz CT molecular complexity index is 221. The minimum Gasteiger partial charge on any atom is -0.384 e. The molecule has 1 aliphatic carbocycles. The van der Waals surface area contributed by atoms with E-state index in [1.807, 2.05) is 7.11 Å². The van der Waals surface area contributed by atoms with Crippen LogP contribution in [0.4, 0.5) is 0 Å². The van der Waals surface area contributed by atoms with Crippen molar-refractivity contribution in [2.45, 2.75) is 51.0 Å². The van der Waals surface area contributed by atoms with Gasteiger partial charge in [-0.1, -0.05) is 19.3 Å². The third-order valence-corrected chi connectivity index (χ3v) is 4.83. The number of methoxy groups -OCH3 is 1. The number of rotatable bonds is 5. The van der Waals surface area contributed by atoms with Crippen LogP contribution >= 0.6 is 0 Å². The van der Waals surface area contributed by atoms with Crippen molar-refractivity contribution in [3.63, 3.8) is 0 Å². The monoisotopic (exact) mass is 254 g/mol. The molecule has 0 spiro atoms. The van der Waals surface area contributed by atoms with E-state index in [2.05, 4.69) is 4.90 Å². The third kappa shape index (κ3) is 4.22. The van der Waals surface area contributed by atoms with Crippen molar-refractivity contribution < 1.29 is 4.74 Å². The Hall–Kier alpha value is -0.120. The van der Waals surface area contributed by atoms with E-state index in [1.165, 1.54) is 58.0 Å². The quantitative estimate of drug-likeness (QED) is 0.818. The molecule has 0 radical (unpaired) electrons. The molecule has 2 N–H and O–H groups in total. The molecule has 1 unspecified atom stereocenters. The second-order valence-corrected chi connectivity index (χ2v) is 6.26. The largest absolute Gasteiger partial charge is 0.384 e. The van der Waals surface area contributed by atoms with Gasteiger partial charge in [-0.05, 0) is 50.6 Å². The van der Waals surface area contributed by atoms with Gasteiger partial charge in [-0.15, -0.1) is 0 Å². The molecule has 2 aliphatic rings. The van der Waals surface area contributed by atoms with E-state index >= 15 is 0 Å². The van der Waals surface area contributed by atoms with Gasteiger partial charge in [0.25, 0.3) is 0 Å². The van der Waals surface area contributed by atoms with Crippen LogP contribution in [0.15, 0.2) is 0 Å². The van der Waals surface area contributed by atoms with E-state index in [9.17, 15) is 0 Å². The average Bonchev–Trinajstić information content (AvgIpc) is 2.42. The lowest BCUT2D eigenvalue weighted by Crippen LogP contribution is -2.46. The molecule has 0 aromatic heterocycles. The Morgan fingerprint density at radius 2 is 1.78 bits per heavy atom. The zero-order valence-corrected chi connectivity index (χ0v) is 11.9. The maximum absolute atomic E-state index is 6.41. The second-order valence-electron chi connectivity index (χ2n) is 6.26. The summed E-state index contributed by atoms with van der Waals surface area (Å²) in [5.74, 6) is 1.56. The standard InChI is InChI=1S/C15H30N2O/c1-18-12-13-7-9-17(10-8-13)11-15(16)14-5-3-2-4-6-14/h13-15H,2-12,16H2,1H3. The summed E-state index contributed by atoms with van der Waals surface area (Å²) in [6, 6.07) is 0.407. The van der Waals surface area contributed by atoms with Crippen LogP contribution in [0, 0.1) is 11.8 Å². The Balaban J connectivity index is 1.67. The van der Waals surface area contributed by atoms with E-state index in [0.29, 0.717) is 6.04 Å². The fourth-order valence-electron chi connectivity index (χ4n) is 3.58. The Morgan fingerprint density at radius 1 is 1.11 bits per heavy atom. The predicted molar refractivity (Wildman–Crippen MR) is 75.6 cm³/mol. The number of hydrogen-bond donors (Lipinski definition) is 1. The first-order valence-electron chi connectivity index (χ1n) is 7.76. The van der Waals surface area contributed by atoms with Gasteiger partial charge in [-0.3, -0.25) is 0 Å². The van der Waals surface area contributed by atoms with E-state index < -0.39 is 0 Å². The lowest BCUT2D eigenvalue weighted by Gasteiger charge is -2.36. The molecule has 1 atom stereocenters. The van der Waals surface area contributed by atoms with E-state index in [-0.39, 0.29) is 0 Å². The third-order valence-electron chi connectivity index (χ3n) is 4.83. The summed E-state index contributed by atoms with van der Waals surface area (Å²) in [6.07, 6.45) is 9.51. The SMILES string of the molecule is COCC1CCN(CC(N)C2CCCCC2)CC1. The van der Waals surface area contributed by atoms with Crippen LogP contribution in [-0.4, -0.2) is 44.3 Å². The van der Waals surface area contributed by atoms with Crippen molar-refractivity contribution in [3.05, 3.63) is 0 Å². The maximum atomic E-state index is 6.41. The summed E-state index contributed by atoms with van der Waals surface area (Å²) < 4.78 is 5.25. The molecule has 0 bridgehead atoms. The Kier molecular flexibility index (Phi) is 5.93. The van der Waals surface area contributed by atoms with Crippen LogP contribution in [0.1, 0.15) is 44.9 Å². The van der Waals surface area contributed by atoms with Crippen LogP contribution in [-0.2, 0) is 4.74 Å². The van der Waals surface area contributed by atoms with Gasteiger partial charge in [-0.25, -0.2) is 0 Å². The maximum Gasteiger partial charge on any atom is 0.0491 e. The van der Waals surface area contributed by atoms with Gasteiger partial charge < -0.3 is 15.4 Å². The highest BCUT2D eigenvalue weighted by Crippen LogP contribution is 2.26. The van der Waals surface area contributed by atoms with Gasteiger partial charge in [0.15, 0.2) is 0 Å². The molecule has 2 rings (SSSR count). The molecular weight excluding hydrogens is 224 g/mol. The molecule has 18 heavy (non-hydrogen) atoms. The van der Waals surface area contributed by atoms with Crippen molar-refractivity contribution in [3.8, 4) is 0 Å². The summed E-state index contributed by atoms with van der Waals surface area (Å²) in [6.45, 7) is 4.48. The summed E-state index contributed by atoms with van der Waals surface area (Å²) >= 11 is 0. The highest BCUT2D eigenvalue weighted by Gasteiger charge is 2.25. The van der Waals surface area contributed by atoms with Crippen molar-refractivity contribution >= 4 is 0 Å². The minimum absolute atomic E-state index is 0.407. The second kappa shape index (κ2) is 7.46. The molecule has 0 aromatic rings. The normalized spacial score (nSPS) is 26.3. The fourth-order valence-corrected chi connectivity index (χ4v) is 3.58. The van der Waals surface area contributed by atoms with E-state index in [1.54, 1.807) is 0 Å². The highest BCUT2D eigenvalue weighted by molar-refractivity contribution is 4.81. The number of ether oxygens (including phenoxy) is 1. The molecule has 0 aromatic carbocycles. The fraction of sp³-hybridized carbons (Fsp3) is 1.00. The van der Waals surface area contributed by atoms with E-state index in [0.717, 1.165) is 25.0 Å². The first kappa shape index (κ1) is 14.3. The molecule has 3 nitrogen and oxygen atoms in total. The topological polar surface area (TPSA) is 38.5 Å². The zero-order chi connectivity index (χ0) is 12.8. The number of hydrogen-bond acceptors (Lipinski definition) is 3. The van der Waals surface area contributed by atoms with Gasteiger partial charge in [0.1, 0.15) is 0 Å². The van der Waals surface area contributed by atoms with Gasteiger partial charge in [0, 0.05) is 26.3 Å². The summed E-state index contributed by atoms with van der Waals surface area (Å²) in [7, 11) is 1.81. The van der Waals surface area contributed by atoms with Gasteiger partial charge >= 0.3 is 0 Å². The first-order chi connectivity index (χ1) is 8.79. The lowest BCUT2D eigenvalue weighted by atomic mass is 9.84. The Morgan fingerprint density at radius 3 is 2.39 bits per heavy atom. The van der Waals surface area contributed by atoms with Crippen molar-refractivity contribution in [2.24, 2.45) is 17.6 Å². The smallest absolute Gasteiger partial charge is 0.0491 e. The molecular formula is C15H30N2O. The van der Waals surface area contributed by atoms with Crippen molar-refractivity contribution in [1.29, 1.82) is 0 Å². The molecule has 106 valence electrons. The summed E-state index contributed by atoms with van der Waals surface area (Å²) in [5, 5.41) is 0. The predicted octanol–water partition coefficient (Wildman–Crippen LogP) is 2.25. The average molecular weight is 254 g/mol. The number of piperidine rings is 1. The van der Waals surface area contributed by atoms with Gasteiger partial charge in [0.05, 0.1) is 0 Å². The molecule has 1 saturated carbocycles. The van der Waals surface area contributed by atoms with Crippen LogP contribution in [0.2, 0.25) is 0 Å². The summed E-state index contributed by atoms with van der Waals surface area (Å²) in [5.41, 5.74) is 6.41. The Labute approximate surface area is 112 Å². The van der Waals surface area contributed by atoms with Crippen molar-refractivity contribution in [2.75, 3.05) is 33.4 Å². The molecule has 2 fully saturated rings.